The van der Waals surface area contributed by atoms with Crippen molar-refractivity contribution < 1.29 is 4.79 Å². The largest absolute Gasteiger partial charge is 0.397 e. The highest BCUT2D eigenvalue weighted by molar-refractivity contribution is 6.31. The Labute approximate surface area is 131 Å². The average Bonchev–Trinajstić information content (AvgIpc) is 2.44. The summed E-state index contributed by atoms with van der Waals surface area (Å²) in [6.07, 6.45) is 1.18. The second kappa shape index (κ2) is 7.64. The van der Waals surface area contributed by atoms with Crippen LogP contribution in [-0.4, -0.2) is 55.0 Å². The van der Waals surface area contributed by atoms with Crippen LogP contribution < -0.4 is 11.1 Å². The van der Waals surface area contributed by atoms with Gasteiger partial charge < -0.3 is 16.0 Å². The van der Waals surface area contributed by atoms with Crippen molar-refractivity contribution in [2.45, 2.75) is 13.3 Å². The summed E-state index contributed by atoms with van der Waals surface area (Å²) < 4.78 is 0. The molecular weight excluding hydrogens is 288 g/mol. The molecule has 5 nitrogen and oxygen atoms in total. The minimum absolute atomic E-state index is 0.0343. The first-order chi connectivity index (χ1) is 10.1. The third-order valence-corrected chi connectivity index (χ3v) is 3.89. The Bertz CT molecular complexity index is 487. The highest BCUT2D eigenvalue weighted by Gasteiger charge is 2.18. The summed E-state index contributed by atoms with van der Waals surface area (Å²) in [7, 11) is 0. The molecule has 1 heterocycles. The molecule has 6 heteroatoms. The van der Waals surface area contributed by atoms with Crippen LogP contribution in [0.1, 0.15) is 13.3 Å². The second-order valence-electron chi connectivity index (χ2n) is 5.40. The number of hydrogen-bond donors (Lipinski definition) is 2. The third kappa shape index (κ3) is 4.88. The number of carbonyl (C=O) groups excluding carboxylic acids is 1. The number of rotatable bonds is 5. The molecule has 0 saturated carbocycles. The Morgan fingerprint density at radius 2 is 1.95 bits per heavy atom. The molecule has 0 atom stereocenters. The number of nitrogens with one attached hydrogen (secondary N) is 1. The number of benzene rings is 1. The van der Waals surface area contributed by atoms with Crippen LogP contribution in [0.2, 0.25) is 5.02 Å². The monoisotopic (exact) mass is 310 g/mol. The zero-order valence-corrected chi connectivity index (χ0v) is 13.2. The lowest BCUT2D eigenvalue weighted by molar-refractivity contribution is -0.117. The fourth-order valence-corrected chi connectivity index (χ4v) is 2.71. The van der Waals surface area contributed by atoms with E-state index in [1.54, 1.807) is 18.2 Å². The van der Waals surface area contributed by atoms with E-state index in [1.165, 1.54) is 6.42 Å². The smallest absolute Gasteiger partial charge is 0.238 e. The zero-order chi connectivity index (χ0) is 15.2. The SMILES string of the molecule is CCCN1CCN(CC(=O)Nc2ccc(Cl)cc2N)CC1. The number of carbonyl (C=O) groups is 1. The molecule has 116 valence electrons. The van der Waals surface area contributed by atoms with Crippen molar-refractivity contribution in [1.82, 2.24) is 9.80 Å². The Morgan fingerprint density at radius 3 is 2.57 bits per heavy atom. The lowest BCUT2D eigenvalue weighted by atomic mass is 10.2. The van der Waals surface area contributed by atoms with Crippen LogP contribution in [0.5, 0.6) is 0 Å². The highest BCUT2D eigenvalue weighted by Crippen LogP contribution is 2.22. The van der Waals surface area contributed by atoms with Crippen molar-refractivity contribution in [2.75, 3.05) is 50.3 Å². The molecule has 0 bridgehead atoms. The van der Waals surface area contributed by atoms with Crippen molar-refractivity contribution >= 4 is 28.9 Å². The van der Waals surface area contributed by atoms with Gasteiger partial charge in [-0.05, 0) is 31.2 Å². The van der Waals surface area contributed by atoms with Gasteiger partial charge in [-0.15, -0.1) is 0 Å². The number of piperazine rings is 1. The predicted octanol–water partition coefficient (Wildman–Crippen LogP) is 1.89. The number of nitrogen functional groups attached to an aromatic ring is 1. The van der Waals surface area contributed by atoms with E-state index in [0.29, 0.717) is 22.9 Å². The van der Waals surface area contributed by atoms with Crippen molar-refractivity contribution in [2.24, 2.45) is 0 Å². The van der Waals surface area contributed by atoms with Crippen molar-refractivity contribution in [3.05, 3.63) is 23.2 Å². The minimum Gasteiger partial charge on any atom is -0.397 e. The summed E-state index contributed by atoms with van der Waals surface area (Å²) in [6, 6.07) is 5.09. The van der Waals surface area contributed by atoms with E-state index in [9.17, 15) is 4.79 Å². The summed E-state index contributed by atoms with van der Waals surface area (Å²) in [5.74, 6) is -0.0343. The van der Waals surface area contributed by atoms with Crippen molar-refractivity contribution in [1.29, 1.82) is 0 Å². The summed E-state index contributed by atoms with van der Waals surface area (Å²) in [6.45, 7) is 7.67. The van der Waals surface area contributed by atoms with Crippen molar-refractivity contribution in [3.8, 4) is 0 Å². The summed E-state index contributed by atoms with van der Waals surface area (Å²) >= 11 is 5.84. The predicted molar refractivity (Wildman–Crippen MR) is 87.7 cm³/mol. The van der Waals surface area contributed by atoms with Crippen LogP contribution in [0.25, 0.3) is 0 Å². The maximum atomic E-state index is 12.1. The van der Waals surface area contributed by atoms with Crippen LogP contribution in [-0.2, 0) is 4.79 Å². The molecular formula is C15H23ClN4O. The Morgan fingerprint density at radius 1 is 1.29 bits per heavy atom. The first-order valence-electron chi connectivity index (χ1n) is 7.38. The van der Waals surface area contributed by atoms with Gasteiger partial charge in [-0.3, -0.25) is 9.69 Å². The van der Waals surface area contributed by atoms with Gasteiger partial charge in [0.15, 0.2) is 0 Å². The van der Waals surface area contributed by atoms with Gasteiger partial charge in [0.1, 0.15) is 0 Å². The van der Waals surface area contributed by atoms with Crippen LogP contribution >= 0.6 is 11.6 Å². The molecule has 2 rings (SSSR count). The van der Waals surface area contributed by atoms with E-state index in [0.717, 1.165) is 32.7 Å². The maximum absolute atomic E-state index is 12.1. The quantitative estimate of drug-likeness (QED) is 0.815. The average molecular weight is 311 g/mol. The van der Waals surface area contributed by atoms with E-state index in [1.807, 2.05) is 0 Å². The molecule has 0 unspecified atom stereocenters. The summed E-state index contributed by atoms with van der Waals surface area (Å²) in [5.41, 5.74) is 6.94. The van der Waals surface area contributed by atoms with Gasteiger partial charge in [-0.25, -0.2) is 0 Å². The first kappa shape index (κ1) is 16.1. The minimum atomic E-state index is -0.0343. The molecule has 1 aromatic rings. The van der Waals surface area contributed by atoms with Gasteiger partial charge in [0.05, 0.1) is 17.9 Å². The normalized spacial score (nSPS) is 16.9. The van der Waals surface area contributed by atoms with E-state index in [-0.39, 0.29) is 5.91 Å². The van der Waals surface area contributed by atoms with E-state index >= 15 is 0 Å². The van der Waals surface area contributed by atoms with Crippen molar-refractivity contribution in [3.63, 3.8) is 0 Å². The van der Waals surface area contributed by atoms with Crippen LogP contribution in [0.3, 0.4) is 0 Å². The number of amides is 1. The van der Waals surface area contributed by atoms with E-state index in [2.05, 4.69) is 22.0 Å². The molecule has 1 fully saturated rings. The van der Waals surface area contributed by atoms with Crippen LogP contribution in [0.15, 0.2) is 18.2 Å². The molecule has 1 aliphatic rings. The number of nitrogens with zero attached hydrogens (tertiary/aromatic N) is 2. The van der Waals surface area contributed by atoms with Crippen LogP contribution in [0.4, 0.5) is 11.4 Å². The second-order valence-corrected chi connectivity index (χ2v) is 5.83. The number of hydrogen-bond acceptors (Lipinski definition) is 4. The highest BCUT2D eigenvalue weighted by atomic mass is 35.5. The molecule has 3 N–H and O–H groups in total. The molecule has 0 aliphatic carbocycles. The lowest BCUT2D eigenvalue weighted by Crippen LogP contribution is -2.48. The Kier molecular flexibility index (Phi) is 5.85. The number of halogens is 1. The molecule has 0 spiro atoms. The third-order valence-electron chi connectivity index (χ3n) is 3.66. The maximum Gasteiger partial charge on any atom is 0.238 e. The molecule has 21 heavy (non-hydrogen) atoms. The standard InChI is InChI=1S/C15H23ClN4O/c1-2-5-19-6-8-20(9-7-19)11-15(21)18-14-4-3-12(16)10-13(14)17/h3-4,10H,2,5-9,11,17H2,1H3,(H,18,21). The van der Waals surface area contributed by atoms with E-state index in [4.69, 9.17) is 17.3 Å². The fraction of sp³-hybridized carbons (Fsp3) is 0.533. The molecule has 1 aromatic carbocycles. The van der Waals surface area contributed by atoms with Crippen LogP contribution in [0, 0.1) is 0 Å². The Balaban J connectivity index is 1.80. The summed E-state index contributed by atoms with van der Waals surface area (Å²) in [5, 5.41) is 3.41. The number of nitrogens with two attached hydrogens (primary N) is 1. The van der Waals surface area contributed by atoms with Gasteiger partial charge in [-0.2, -0.15) is 0 Å². The van der Waals surface area contributed by atoms with Gasteiger partial charge in [-0.1, -0.05) is 18.5 Å². The van der Waals surface area contributed by atoms with Gasteiger partial charge >= 0.3 is 0 Å². The van der Waals surface area contributed by atoms with Gasteiger partial charge in [0.2, 0.25) is 5.91 Å². The van der Waals surface area contributed by atoms with E-state index < -0.39 is 0 Å². The summed E-state index contributed by atoms with van der Waals surface area (Å²) in [4.78, 5) is 16.7. The van der Waals surface area contributed by atoms with Gasteiger partial charge in [0.25, 0.3) is 0 Å². The first-order valence-corrected chi connectivity index (χ1v) is 7.76. The molecule has 1 amide bonds. The zero-order valence-electron chi connectivity index (χ0n) is 12.4. The topological polar surface area (TPSA) is 61.6 Å². The molecule has 1 saturated heterocycles. The number of anilines is 2. The van der Waals surface area contributed by atoms with Gasteiger partial charge in [0, 0.05) is 31.2 Å². The molecule has 0 aromatic heterocycles. The molecule has 1 aliphatic heterocycles. The Hall–Kier alpha value is -1.30. The molecule has 0 radical (unpaired) electrons. The fourth-order valence-electron chi connectivity index (χ4n) is 2.53. The lowest BCUT2D eigenvalue weighted by Gasteiger charge is -2.34.